The smallest absolute Gasteiger partial charge is 0.244 e. The number of benzene rings is 2. The molecule has 0 aliphatic carbocycles. The van der Waals surface area contributed by atoms with Crippen molar-refractivity contribution in [1.82, 2.24) is 14.9 Å². The van der Waals surface area contributed by atoms with E-state index in [0.717, 1.165) is 16.7 Å². The van der Waals surface area contributed by atoms with Crippen molar-refractivity contribution in [2.24, 2.45) is 0 Å². The average Bonchev–Trinajstić information content (AvgIpc) is 3.05. The van der Waals surface area contributed by atoms with Crippen LogP contribution in [0.25, 0.3) is 11.0 Å². The molecule has 2 heterocycles. The number of para-hydroxylation sites is 4. The second kappa shape index (κ2) is 6.87. The second-order valence-corrected chi connectivity index (χ2v) is 6.20. The van der Waals surface area contributed by atoms with Crippen LogP contribution in [0.4, 0.5) is 11.4 Å². The van der Waals surface area contributed by atoms with Crippen LogP contribution in [0.1, 0.15) is 0 Å². The lowest BCUT2D eigenvalue weighted by Crippen LogP contribution is -2.47. The zero-order valence-corrected chi connectivity index (χ0v) is 14.2. The Morgan fingerprint density at radius 3 is 2.85 bits per heavy atom. The molecule has 7 nitrogen and oxygen atoms in total. The van der Waals surface area contributed by atoms with Crippen LogP contribution in [0.5, 0.6) is 0 Å². The summed E-state index contributed by atoms with van der Waals surface area (Å²) in [7, 11) is 0. The van der Waals surface area contributed by atoms with Crippen molar-refractivity contribution in [3.05, 3.63) is 54.9 Å². The summed E-state index contributed by atoms with van der Waals surface area (Å²) in [6, 6.07) is 15.2. The van der Waals surface area contributed by atoms with E-state index in [1.54, 1.807) is 6.33 Å². The number of nitrogens with zero attached hydrogens (tertiary/aromatic N) is 3. The highest BCUT2D eigenvalue weighted by atomic mass is 16.2. The van der Waals surface area contributed by atoms with Gasteiger partial charge in [0, 0.05) is 13.1 Å². The first-order valence-corrected chi connectivity index (χ1v) is 8.51. The van der Waals surface area contributed by atoms with Crippen LogP contribution >= 0.6 is 0 Å². The molecular weight excluding hydrogens is 330 g/mol. The molecular formula is C19H19N5O2. The van der Waals surface area contributed by atoms with E-state index in [2.05, 4.69) is 15.6 Å². The number of carbonyl (C=O) groups excluding carboxylic acids is 2. The number of amides is 2. The summed E-state index contributed by atoms with van der Waals surface area (Å²) < 4.78 is 1.82. The van der Waals surface area contributed by atoms with Gasteiger partial charge in [0.05, 0.1) is 35.3 Å². The number of hydrogen-bond acceptors (Lipinski definition) is 4. The maximum Gasteiger partial charge on any atom is 0.244 e. The zero-order valence-electron chi connectivity index (χ0n) is 14.2. The molecule has 1 aliphatic heterocycles. The normalized spacial score (nSPS) is 14.3. The lowest BCUT2D eigenvalue weighted by Gasteiger charge is -2.30. The predicted molar refractivity (Wildman–Crippen MR) is 100 cm³/mol. The number of nitrogens with one attached hydrogen (secondary N) is 2. The highest BCUT2D eigenvalue weighted by Gasteiger charge is 2.19. The van der Waals surface area contributed by atoms with Gasteiger partial charge in [-0.2, -0.15) is 0 Å². The van der Waals surface area contributed by atoms with E-state index in [9.17, 15) is 9.59 Å². The molecule has 2 aromatic carbocycles. The van der Waals surface area contributed by atoms with E-state index in [1.807, 2.05) is 58.0 Å². The topological polar surface area (TPSA) is 79.3 Å². The molecule has 0 radical (unpaired) electrons. The molecule has 2 N–H and O–H groups in total. The Morgan fingerprint density at radius 2 is 1.96 bits per heavy atom. The summed E-state index contributed by atoms with van der Waals surface area (Å²) >= 11 is 0. The number of anilines is 2. The maximum absolute atomic E-state index is 12.6. The minimum absolute atomic E-state index is 0.0118. The lowest BCUT2D eigenvalue weighted by atomic mass is 10.2. The first-order valence-electron chi connectivity index (χ1n) is 8.51. The van der Waals surface area contributed by atoms with Gasteiger partial charge in [-0.15, -0.1) is 0 Å². The molecule has 0 saturated carbocycles. The van der Waals surface area contributed by atoms with Crippen LogP contribution in [0.3, 0.4) is 0 Å². The fourth-order valence-corrected chi connectivity index (χ4v) is 3.18. The van der Waals surface area contributed by atoms with Crippen molar-refractivity contribution in [3.63, 3.8) is 0 Å². The maximum atomic E-state index is 12.6. The highest BCUT2D eigenvalue weighted by Crippen LogP contribution is 2.26. The Hall–Kier alpha value is -3.35. The number of piperazine rings is 1. The third kappa shape index (κ3) is 3.23. The van der Waals surface area contributed by atoms with Crippen LogP contribution in [0.2, 0.25) is 0 Å². The average molecular weight is 349 g/mol. The quantitative estimate of drug-likeness (QED) is 0.750. The van der Waals surface area contributed by atoms with Crippen LogP contribution in [-0.4, -0.2) is 41.0 Å². The Balaban J connectivity index is 1.52. The summed E-state index contributed by atoms with van der Waals surface area (Å²) in [5.41, 5.74) is 3.34. The Bertz CT molecular complexity index is 965. The fraction of sp³-hybridized carbons (Fsp3) is 0.211. The van der Waals surface area contributed by atoms with E-state index >= 15 is 0 Å². The second-order valence-electron chi connectivity index (χ2n) is 6.20. The van der Waals surface area contributed by atoms with Gasteiger partial charge in [-0.1, -0.05) is 24.3 Å². The van der Waals surface area contributed by atoms with Crippen molar-refractivity contribution < 1.29 is 9.59 Å². The van der Waals surface area contributed by atoms with Crippen LogP contribution < -0.4 is 15.5 Å². The molecule has 0 spiro atoms. The molecule has 1 aliphatic rings. The Labute approximate surface area is 150 Å². The zero-order chi connectivity index (χ0) is 17.9. The van der Waals surface area contributed by atoms with Gasteiger partial charge in [-0.25, -0.2) is 4.98 Å². The minimum atomic E-state index is -0.137. The third-order valence-electron chi connectivity index (χ3n) is 4.40. The fourth-order valence-electron chi connectivity index (χ4n) is 3.18. The molecule has 3 aromatic rings. The van der Waals surface area contributed by atoms with Gasteiger partial charge in [0.15, 0.2) is 0 Å². The minimum Gasteiger partial charge on any atom is -0.359 e. The molecule has 1 fully saturated rings. The van der Waals surface area contributed by atoms with Crippen LogP contribution in [-0.2, 0) is 16.1 Å². The van der Waals surface area contributed by atoms with Crippen molar-refractivity contribution in [3.8, 4) is 0 Å². The van der Waals surface area contributed by atoms with E-state index in [4.69, 9.17) is 0 Å². The number of aromatic nitrogens is 2. The summed E-state index contributed by atoms with van der Waals surface area (Å²) in [5, 5.41) is 5.78. The Kier molecular flexibility index (Phi) is 4.27. The summed E-state index contributed by atoms with van der Waals surface area (Å²) in [5.74, 6) is -0.149. The summed E-state index contributed by atoms with van der Waals surface area (Å²) in [4.78, 5) is 30.5. The standard InChI is InChI=1S/C19H19N5O2/c25-18-11-23(10-9-20-18)17-8-4-2-6-15(17)22-19(26)12-24-13-21-14-5-1-3-7-16(14)24/h1-8,13H,9-12H2,(H,20,25)(H,22,26). The molecule has 132 valence electrons. The molecule has 1 saturated heterocycles. The molecule has 26 heavy (non-hydrogen) atoms. The number of carbonyl (C=O) groups is 2. The van der Waals surface area contributed by atoms with Gasteiger partial charge < -0.3 is 20.1 Å². The van der Waals surface area contributed by atoms with Crippen LogP contribution in [0.15, 0.2) is 54.9 Å². The molecule has 0 unspecified atom stereocenters. The molecule has 4 rings (SSSR count). The monoisotopic (exact) mass is 349 g/mol. The van der Waals surface area contributed by atoms with Gasteiger partial charge in [-0.05, 0) is 24.3 Å². The predicted octanol–water partition coefficient (Wildman–Crippen LogP) is 1.61. The molecule has 0 bridgehead atoms. The van der Waals surface area contributed by atoms with Gasteiger partial charge >= 0.3 is 0 Å². The number of hydrogen-bond donors (Lipinski definition) is 2. The first kappa shape index (κ1) is 16.1. The molecule has 1 aromatic heterocycles. The van der Waals surface area contributed by atoms with Crippen molar-refractivity contribution >= 4 is 34.2 Å². The largest absolute Gasteiger partial charge is 0.359 e. The van der Waals surface area contributed by atoms with Crippen molar-refractivity contribution in [1.29, 1.82) is 0 Å². The van der Waals surface area contributed by atoms with E-state index in [1.165, 1.54) is 0 Å². The SMILES string of the molecule is O=C1CN(c2ccccc2NC(=O)Cn2cnc3ccccc32)CCN1. The first-order chi connectivity index (χ1) is 12.7. The van der Waals surface area contributed by atoms with Gasteiger partial charge in [-0.3, -0.25) is 9.59 Å². The van der Waals surface area contributed by atoms with Crippen LogP contribution in [0, 0.1) is 0 Å². The third-order valence-corrected chi connectivity index (χ3v) is 4.40. The van der Waals surface area contributed by atoms with Gasteiger partial charge in [0.25, 0.3) is 0 Å². The van der Waals surface area contributed by atoms with E-state index in [0.29, 0.717) is 25.3 Å². The lowest BCUT2D eigenvalue weighted by molar-refractivity contribution is -0.120. The number of imidazole rings is 1. The summed E-state index contributed by atoms with van der Waals surface area (Å²) in [6.07, 6.45) is 1.67. The van der Waals surface area contributed by atoms with Crippen molar-refractivity contribution in [2.75, 3.05) is 29.9 Å². The Morgan fingerprint density at radius 1 is 1.15 bits per heavy atom. The molecule has 7 heteroatoms. The number of fused-ring (bicyclic) bond motifs is 1. The van der Waals surface area contributed by atoms with E-state index in [-0.39, 0.29) is 18.4 Å². The van der Waals surface area contributed by atoms with Crippen molar-refractivity contribution in [2.45, 2.75) is 6.54 Å². The highest BCUT2D eigenvalue weighted by molar-refractivity contribution is 5.95. The van der Waals surface area contributed by atoms with Gasteiger partial charge in [0.2, 0.25) is 11.8 Å². The molecule has 2 amide bonds. The molecule has 0 atom stereocenters. The van der Waals surface area contributed by atoms with Gasteiger partial charge in [0.1, 0.15) is 6.54 Å². The number of rotatable bonds is 4. The summed E-state index contributed by atoms with van der Waals surface area (Å²) in [6.45, 7) is 1.78. The van der Waals surface area contributed by atoms with E-state index < -0.39 is 0 Å².